The molecule has 1 aromatic carbocycles. The Kier molecular flexibility index (Phi) is 54.9. The number of nitrogens with zero attached hydrogens (tertiary/aromatic N) is 6. The van der Waals surface area contributed by atoms with Gasteiger partial charge < -0.3 is 20.1 Å². The number of carbonyl (C=O) groups is 1. The van der Waals surface area contributed by atoms with Gasteiger partial charge in [-0.3, -0.25) is 34.4 Å². The minimum absolute atomic E-state index is 0.123. The van der Waals surface area contributed by atoms with Gasteiger partial charge in [0.1, 0.15) is 0 Å². The molecule has 1 amide bonds. The molecule has 3 aromatic heterocycles. The smallest absolute Gasteiger partial charge is 0.234 e. The van der Waals surface area contributed by atoms with Crippen molar-refractivity contribution in [2.45, 2.75) is 274 Å². The highest BCUT2D eigenvalue weighted by Crippen LogP contribution is 2.22. The quantitative estimate of drug-likeness (QED) is 0.177. The molecule has 11 nitrogen and oxygen atoms in total. The average molecular weight is 1330 g/mol. The maximum absolute atomic E-state index is 11.0. The van der Waals surface area contributed by atoms with Crippen molar-refractivity contribution in [3.63, 3.8) is 0 Å². The third-order valence-electron chi connectivity index (χ3n) is 12.4. The second-order valence-electron chi connectivity index (χ2n) is 34.4. The third-order valence-corrected chi connectivity index (χ3v) is 13.5. The summed E-state index contributed by atoms with van der Waals surface area (Å²) in [4.78, 5) is 28.2. The van der Waals surface area contributed by atoms with Gasteiger partial charge in [-0.25, -0.2) is 0 Å². The van der Waals surface area contributed by atoms with Crippen LogP contribution < -0.4 is 10.6 Å². The molecular formula is C79H152N8O3S2. The van der Waals surface area contributed by atoms with E-state index in [9.17, 15) is 4.79 Å². The molecule has 0 bridgehead atoms. The zero-order chi connectivity index (χ0) is 71.6. The SMILES string of the molecule is C1CCOCC1.CC(C)(C)C.CC(C)(C)C.CC(C)(C)C.CC(C)(C)N1CCCCC1.CC(C)(C)N1CCNC(=O)C1.CC(C)(C)N1CCNCC1.CC(C)(C)N1CCOCC1.CC(C)(C)c1ccccc1.CC(C)C.c1ccncc1.c1ccsc1.c1cscn1. The van der Waals surface area contributed by atoms with Gasteiger partial charge in [0.2, 0.25) is 5.91 Å². The topological polar surface area (TPSA) is 98.3 Å². The molecule has 8 heterocycles. The van der Waals surface area contributed by atoms with Gasteiger partial charge in [-0.15, -0.1) is 11.3 Å². The van der Waals surface area contributed by atoms with E-state index in [0.717, 1.165) is 71.6 Å². The van der Waals surface area contributed by atoms with Gasteiger partial charge in [0.15, 0.2) is 0 Å². The van der Waals surface area contributed by atoms with Crippen molar-refractivity contribution in [3.05, 3.63) is 106 Å². The highest BCUT2D eigenvalue weighted by molar-refractivity contribution is 7.07. The summed E-state index contributed by atoms with van der Waals surface area (Å²) < 4.78 is 10.3. The van der Waals surface area contributed by atoms with E-state index in [0.29, 0.717) is 44.8 Å². The van der Waals surface area contributed by atoms with Gasteiger partial charge in [0.25, 0.3) is 0 Å². The van der Waals surface area contributed by atoms with Crippen molar-refractivity contribution in [1.29, 1.82) is 0 Å². The van der Waals surface area contributed by atoms with Crippen molar-refractivity contribution < 1.29 is 14.3 Å². The Morgan fingerprint density at radius 1 is 0.402 bits per heavy atom. The lowest BCUT2D eigenvalue weighted by atomic mass is 9.87. The lowest BCUT2D eigenvalue weighted by Crippen LogP contribution is -2.54. The minimum atomic E-state index is 0.123. The summed E-state index contributed by atoms with van der Waals surface area (Å²) in [7, 11) is 0. The van der Waals surface area contributed by atoms with Crippen LogP contribution in [0.2, 0.25) is 0 Å². The number of nitrogens with one attached hydrogen (secondary N) is 2. The summed E-state index contributed by atoms with van der Waals surface area (Å²) in [6.45, 7) is 81.9. The highest BCUT2D eigenvalue weighted by Gasteiger charge is 2.27. The van der Waals surface area contributed by atoms with Crippen LogP contribution in [0.4, 0.5) is 0 Å². The number of benzene rings is 1. The lowest BCUT2D eigenvalue weighted by Gasteiger charge is -2.38. The van der Waals surface area contributed by atoms with Crippen LogP contribution in [-0.2, 0) is 19.7 Å². The van der Waals surface area contributed by atoms with Crippen molar-refractivity contribution in [3.8, 4) is 0 Å². The Bertz CT molecular complexity index is 1900. The van der Waals surface area contributed by atoms with Crippen molar-refractivity contribution in [2.75, 3.05) is 98.4 Å². The molecule has 0 saturated carbocycles. The summed E-state index contributed by atoms with van der Waals surface area (Å²) in [5.41, 5.74) is 6.20. The first-order valence-corrected chi connectivity index (χ1v) is 36.9. The van der Waals surface area contributed by atoms with E-state index >= 15 is 0 Å². The fourth-order valence-corrected chi connectivity index (χ4v) is 8.49. The largest absolute Gasteiger partial charge is 0.381 e. The van der Waals surface area contributed by atoms with Crippen LogP contribution in [0, 0.1) is 22.2 Å². The van der Waals surface area contributed by atoms with Crippen LogP contribution in [-0.4, -0.2) is 156 Å². The van der Waals surface area contributed by atoms with Crippen LogP contribution in [0.15, 0.2) is 101 Å². The minimum Gasteiger partial charge on any atom is -0.381 e. The van der Waals surface area contributed by atoms with E-state index in [4.69, 9.17) is 9.47 Å². The molecule has 92 heavy (non-hydrogen) atoms. The number of carbonyl (C=O) groups excluding carboxylic acids is 1. The van der Waals surface area contributed by atoms with Gasteiger partial charge in [-0.2, -0.15) is 11.3 Å². The van der Waals surface area contributed by atoms with Crippen molar-refractivity contribution in [1.82, 2.24) is 40.2 Å². The Balaban J connectivity index is -0.000000462. The Morgan fingerprint density at radius 2 is 0.772 bits per heavy atom. The molecule has 0 aliphatic carbocycles. The predicted octanol–water partition coefficient (Wildman–Crippen LogP) is 20.3. The van der Waals surface area contributed by atoms with Gasteiger partial charge in [0.05, 0.1) is 25.3 Å². The lowest BCUT2D eigenvalue weighted by molar-refractivity contribution is -0.125. The van der Waals surface area contributed by atoms with E-state index < -0.39 is 0 Å². The van der Waals surface area contributed by atoms with Gasteiger partial charge in [-0.1, -0.05) is 180 Å². The summed E-state index contributed by atoms with van der Waals surface area (Å²) in [6.07, 6.45) is 13.4. The maximum Gasteiger partial charge on any atom is 0.234 e. The maximum atomic E-state index is 11.0. The van der Waals surface area contributed by atoms with Crippen molar-refractivity contribution >= 4 is 28.6 Å². The fourth-order valence-electron chi connectivity index (χ4n) is 7.69. The number of piperazine rings is 2. The van der Waals surface area contributed by atoms with Crippen molar-refractivity contribution in [2.24, 2.45) is 22.2 Å². The zero-order valence-corrected chi connectivity index (χ0v) is 67.6. The number of aromatic nitrogens is 2. The Labute approximate surface area is 580 Å². The number of hydrogen-bond acceptors (Lipinski definition) is 12. The molecule has 4 aromatic rings. The van der Waals surface area contributed by atoms with E-state index in [1.807, 2.05) is 46.5 Å². The monoisotopic (exact) mass is 1330 g/mol. The molecular weight excluding hydrogens is 1170 g/mol. The Morgan fingerprint density at radius 3 is 0.989 bits per heavy atom. The molecule has 0 unspecified atom stereocenters. The molecule has 0 spiro atoms. The standard InChI is InChI=1S/C10H14.C9H19N.C8H16N2O.C8H18N2.C8H17NO.C5H5N.C5H10O.3C5H12.C4H4S.C4H10.C3H3NS/c1-10(2,3)9-7-5-4-6-8-9;1-9(2,3)10-7-5-4-6-8-10;1-8(2,3)10-5-4-9-7(11)6-10;1-8(2,3)10-6-4-9-5-7-10;1-8(2,3)9-4-6-10-7-5-9;2*1-2-4-6-5-3-1;3*1-5(2,3)4;1-2-4-5-3-1;1-4(2)3;1-2-5-3-4-1/h4-8H,1-3H3;4-8H2,1-3H3;4-6H2,1-3H3,(H,9,11);9H,4-7H2,1-3H3;4-7H2,1-3H3;1-5H;1-5H2;3*1-4H3;1-4H;4H,1-3H3;1-3H. The number of likely N-dealkylation sites (tertiary alicyclic amines) is 1. The highest BCUT2D eigenvalue weighted by atomic mass is 32.1. The van der Waals surface area contributed by atoms with Crippen LogP contribution >= 0.6 is 22.7 Å². The normalized spacial score (nSPS) is 16.7. The first kappa shape index (κ1) is 95.3. The third kappa shape index (κ3) is 77.6. The first-order chi connectivity index (χ1) is 42.2. The molecule has 2 N–H and O–H groups in total. The zero-order valence-electron chi connectivity index (χ0n) is 66.0. The molecule has 13 heteroatoms. The number of piperidine rings is 1. The number of thiophene rings is 1. The van der Waals surface area contributed by atoms with Crippen LogP contribution in [0.25, 0.3) is 0 Å². The van der Waals surface area contributed by atoms with E-state index in [1.165, 1.54) is 70.3 Å². The number of rotatable bonds is 0. The second kappa shape index (κ2) is 53.0. The van der Waals surface area contributed by atoms with Gasteiger partial charge in [0, 0.05) is 112 Å². The average Bonchev–Trinajstić information content (AvgIpc) is 1.52. The summed E-state index contributed by atoms with van der Waals surface area (Å²) in [6, 6.07) is 20.3. The fraction of sp³-hybridized carbons (Fsp3) is 0.759. The number of morpholine rings is 1. The molecule has 5 saturated heterocycles. The number of thiazole rings is 1. The van der Waals surface area contributed by atoms with Crippen LogP contribution in [0.1, 0.15) is 252 Å². The molecule has 5 aliphatic rings. The molecule has 9 rings (SSSR count). The van der Waals surface area contributed by atoms with Gasteiger partial charge >= 0.3 is 0 Å². The molecule has 0 radical (unpaired) electrons. The summed E-state index contributed by atoms with van der Waals surface area (Å²) >= 11 is 3.31. The van der Waals surface area contributed by atoms with E-state index in [2.05, 4.69) is 278 Å². The molecule has 5 fully saturated rings. The molecule has 5 aliphatic heterocycles. The van der Waals surface area contributed by atoms with Crippen LogP contribution in [0.5, 0.6) is 0 Å². The van der Waals surface area contributed by atoms with E-state index in [1.54, 1.807) is 46.8 Å². The molecule has 538 valence electrons. The number of amides is 1. The van der Waals surface area contributed by atoms with Gasteiger partial charge in [-0.05, 0) is 184 Å². The van der Waals surface area contributed by atoms with E-state index in [-0.39, 0.29) is 11.4 Å². The molecule has 0 atom stereocenters. The van der Waals surface area contributed by atoms with Crippen LogP contribution in [0.3, 0.4) is 0 Å². The Hall–Kier alpha value is -3.11. The predicted molar refractivity (Wildman–Crippen MR) is 412 cm³/mol. The second-order valence-corrected chi connectivity index (χ2v) is 35.9. The number of pyridine rings is 1. The number of hydrogen-bond donors (Lipinski definition) is 2. The summed E-state index contributed by atoms with van der Waals surface area (Å²) in [5.74, 6) is 0.978. The summed E-state index contributed by atoms with van der Waals surface area (Å²) in [5, 5.41) is 12.2. The number of ether oxygens (including phenoxy) is 2. The first-order valence-electron chi connectivity index (χ1n) is 35.0.